The number of fused-ring (bicyclic) bond motifs is 1. The van der Waals surface area contributed by atoms with Crippen molar-refractivity contribution in [3.05, 3.63) is 48.6 Å². The summed E-state index contributed by atoms with van der Waals surface area (Å²) in [5.41, 5.74) is 1.39. The van der Waals surface area contributed by atoms with Gasteiger partial charge in [-0.25, -0.2) is 14.8 Å². The molecule has 3 aromatic rings. The number of aromatic nitrogens is 2. The normalized spacial score (nSPS) is 10.5. The summed E-state index contributed by atoms with van der Waals surface area (Å²) in [4.78, 5) is 18.7. The van der Waals surface area contributed by atoms with Crippen LogP contribution in [0.4, 0.5) is 11.5 Å². The molecule has 0 bridgehead atoms. The van der Waals surface area contributed by atoms with Crippen molar-refractivity contribution < 1.29 is 14.3 Å². The predicted molar refractivity (Wildman–Crippen MR) is 68.5 cm³/mol. The summed E-state index contributed by atoms with van der Waals surface area (Å²) in [5, 5.41) is 12.9. The Morgan fingerprint density at radius 2 is 2.16 bits per heavy atom. The molecule has 19 heavy (non-hydrogen) atoms. The molecule has 0 aliphatic carbocycles. The van der Waals surface area contributed by atoms with Crippen molar-refractivity contribution >= 4 is 28.4 Å². The maximum atomic E-state index is 11.1. The van der Waals surface area contributed by atoms with E-state index in [0.29, 0.717) is 5.69 Å². The largest absolute Gasteiger partial charge is 0.477 e. The fourth-order valence-corrected chi connectivity index (χ4v) is 1.79. The number of carbonyl (C=O) groups is 1. The van der Waals surface area contributed by atoms with Crippen LogP contribution < -0.4 is 5.32 Å². The number of anilines is 2. The standard InChI is InChI=1S/C13H9N3O3/c17-13(18)9-5-14-7-15-12(9)16-10-6-19-11-4-2-1-3-8(10)11/h1-7H,(H,17,18)(H,14,15,16). The van der Waals surface area contributed by atoms with E-state index < -0.39 is 5.97 Å². The Hall–Kier alpha value is -2.89. The number of rotatable bonds is 3. The van der Waals surface area contributed by atoms with Crippen LogP contribution in [0.25, 0.3) is 11.0 Å². The van der Waals surface area contributed by atoms with E-state index in [-0.39, 0.29) is 11.4 Å². The van der Waals surface area contributed by atoms with E-state index in [1.54, 1.807) is 0 Å². The van der Waals surface area contributed by atoms with Gasteiger partial charge < -0.3 is 14.8 Å². The van der Waals surface area contributed by atoms with Crippen LogP contribution in [0.5, 0.6) is 0 Å². The Bertz CT molecular complexity index is 751. The zero-order valence-electron chi connectivity index (χ0n) is 9.70. The summed E-state index contributed by atoms with van der Waals surface area (Å²) in [7, 11) is 0. The number of carboxylic acids is 1. The molecule has 3 rings (SSSR count). The molecule has 2 aromatic heterocycles. The van der Waals surface area contributed by atoms with Crippen LogP contribution in [0.1, 0.15) is 10.4 Å². The number of furan rings is 1. The monoisotopic (exact) mass is 255 g/mol. The molecular weight excluding hydrogens is 246 g/mol. The number of para-hydroxylation sites is 1. The highest BCUT2D eigenvalue weighted by Gasteiger charge is 2.13. The van der Waals surface area contributed by atoms with E-state index in [2.05, 4.69) is 15.3 Å². The molecule has 2 N–H and O–H groups in total. The minimum absolute atomic E-state index is 0.00720. The summed E-state index contributed by atoms with van der Waals surface area (Å²) >= 11 is 0. The van der Waals surface area contributed by atoms with Crippen molar-refractivity contribution in [1.29, 1.82) is 0 Å². The molecule has 0 fully saturated rings. The third-order valence-corrected chi connectivity index (χ3v) is 2.68. The molecule has 94 valence electrons. The van der Waals surface area contributed by atoms with Crippen LogP contribution in [0.2, 0.25) is 0 Å². The molecule has 0 radical (unpaired) electrons. The Balaban J connectivity index is 2.04. The van der Waals surface area contributed by atoms with E-state index in [4.69, 9.17) is 9.52 Å². The van der Waals surface area contributed by atoms with Crippen molar-refractivity contribution in [1.82, 2.24) is 9.97 Å². The second-order valence-electron chi connectivity index (χ2n) is 3.86. The van der Waals surface area contributed by atoms with Gasteiger partial charge in [0.2, 0.25) is 0 Å². The van der Waals surface area contributed by atoms with Gasteiger partial charge in [-0.05, 0) is 12.1 Å². The molecule has 6 nitrogen and oxygen atoms in total. The smallest absolute Gasteiger partial charge is 0.341 e. The van der Waals surface area contributed by atoms with Crippen molar-refractivity contribution in [2.24, 2.45) is 0 Å². The van der Waals surface area contributed by atoms with Crippen molar-refractivity contribution in [2.75, 3.05) is 5.32 Å². The van der Waals surface area contributed by atoms with E-state index in [9.17, 15) is 4.79 Å². The summed E-state index contributed by atoms with van der Waals surface area (Å²) in [5.74, 6) is -0.857. The molecule has 0 spiro atoms. The number of aromatic carboxylic acids is 1. The molecule has 0 saturated heterocycles. The molecule has 2 heterocycles. The number of hydrogen-bond donors (Lipinski definition) is 2. The number of hydrogen-bond acceptors (Lipinski definition) is 5. The van der Waals surface area contributed by atoms with Crippen molar-refractivity contribution in [3.8, 4) is 0 Å². The summed E-state index contributed by atoms with van der Waals surface area (Å²) in [6.07, 6.45) is 4.06. The lowest BCUT2D eigenvalue weighted by Gasteiger charge is -2.05. The molecule has 0 atom stereocenters. The van der Waals surface area contributed by atoms with E-state index in [0.717, 1.165) is 11.0 Å². The second kappa shape index (κ2) is 4.41. The van der Waals surface area contributed by atoms with Gasteiger partial charge in [0, 0.05) is 11.6 Å². The van der Waals surface area contributed by atoms with Gasteiger partial charge in [0.05, 0.1) is 5.69 Å². The molecule has 0 saturated carbocycles. The number of nitrogens with zero attached hydrogens (tertiary/aromatic N) is 2. The van der Waals surface area contributed by atoms with Crippen LogP contribution in [-0.4, -0.2) is 21.0 Å². The molecule has 0 amide bonds. The average Bonchev–Trinajstić information content (AvgIpc) is 2.83. The lowest BCUT2D eigenvalue weighted by molar-refractivity contribution is 0.0697. The summed E-state index contributed by atoms with van der Waals surface area (Å²) < 4.78 is 5.37. The van der Waals surface area contributed by atoms with Crippen LogP contribution in [0.15, 0.2) is 47.5 Å². The number of nitrogens with one attached hydrogen (secondary N) is 1. The first-order valence-electron chi connectivity index (χ1n) is 5.52. The van der Waals surface area contributed by atoms with Crippen LogP contribution >= 0.6 is 0 Å². The van der Waals surface area contributed by atoms with Gasteiger partial charge in [0.1, 0.15) is 29.6 Å². The van der Waals surface area contributed by atoms with Crippen molar-refractivity contribution in [2.45, 2.75) is 0 Å². The first kappa shape index (κ1) is 11.2. The molecule has 1 aromatic carbocycles. The van der Waals surface area contributed by atoms with Gasteiger partial charge in [-0.15, -0.1) is 0 Å². The maximum absolute atomic E-state index is 11.1. The summed E-state index contributed by atoms with van der Waals surface area (Å²) in [6, 6.07) is 7.45. The van der Waals surface area contributed by atoms with Gasteiger partial charge in [-0.2, -0.15) is 0 Å². The Labute approximate surface area is 107 Å². The Morgan fingerprint density at radius 3 is 3.00 bits per heavy atom. The Morgan fingerprint density at radius 1 is 1.32 bits per heavy atom. The fourth-order valence-electron chi connectivity index (χ4n) is 1.79. The predicted octanol–water partition coefficient (Wildman–Crippen LogP) is 2.66. The zero-order chi connectivity index (χ0) is 13.2. The summed E-state index contributed by atoms with van der Waals surface area (Å²) in [6.45, 7) is 0. The van der Waals surface area contributed by atoms with Crippen molar-refractivity contribution in [3.63, 3.8) is 0 Å². The average molecular weight is 255 g/mol. The topological polar surface area (TPSA) is 88.2 Å². The van der Waals surface area contributed by atoms with Gasteiger partial charge >= 0.3 is 5.97 Å². The molecule has 0 aliphatic heterocycles. The third-order valence-electron chi connectivity index (χ3n) is 2.68. The van der Waals surface area contributed by atoms with Crippen LogP contribution in [0.3, 0.4) is 0 Å². The quantitative estimate of drug-likeness (QED) is 0.748. The minimum Gasteiger partial charge on any atom is -0.477 e. The third kappa shape index (κ3) is 1.99. The van der Waals surface area contributed by atoms with Gasteiger partial charge in [-0.1, -0.05) is 12.1 Å². The van der Waals surface area contributed by atoms with E-state index >= 15 is 0 Å². The first-order valence-corrected chi connectivity index (χ1v) is 5.52. The highest BCUT2D eigenvalue weighted by Crippen LogP contribution is 2.28. The van der Waals surface area contributed by atoms with Gasteiger partial charge in [-0.3, -0.25) is 0 Å². The molecule has 6 heteroatoms. The zero-order valence-corrected chi connectivity index (χ0v) is 9.70. The molecular formula is C13H9N3O3. The highest BCUT2D eigenvalue weighted by molar-refractivity contribution is 5.97. The molecule has 0 aliphatic rings. The number of carboxylic acid groups (broad SMARTS) is 1. The van der Waals surface area contributed by atoms with Gasteiger partial charge in [0.15, 0.2) is 0 Å². The SMILES string of the molecule is O=C(O)c1cncnc1Nc1coc2ccccc12. The lowest BCUT2D eigenvalue weighted by Crippen LogP contribution is -2.05. The maximum Gasteiger partial charge on any atom is 0.341 e. The number of benzene rings is 1. The molecule has 0 unspecified atom stereocenters. The van der Waals surface area contributed by atoms with E-state index in [1.165, 1.54) is 18.8 Å². The van der Waals surface area contributed by atoms with Gasteiger partial charge in [0.25, 0.3) is 0 Å². The first-order chi connectivity index (χ1) is 9.25. The van der Waals surface area contributed by atoms with E-state index in [1.807, 2.05) is 24.3 Å². The van der Waals surface area contributed by atoms with Crippen LogP contribution in [-0.2, 0) is 0 Å². The van der Waals surface area contributed by atoms with Crippen LogP contribution in [0, 0.1) is 0 Å². The second-order valence-corrected chi connectivity index (χ2v) is 3.86. The fraction of sp³-hybridized carbons (Fsp3) is 0. The highest BCUT2D eigenvalue weighted by atomic mass is 16.4. The lowest BCUT2D eigenvalue weighted by atomic mass is 10.2. The minimum atomic E-state index is -1.09. The Kier molecular flexibility index (Phi) is 2.60.